The summed E-state index contributed by atoms with van der Waals surface area (Å²) < 4.78 is 24.8. The molecule has 0 unspecified atom stereocenters. The Kier molecular flexibility index (Phi) is 3.52. The van der Waals surface area contributed by atoms with Crippen LogP contribution in [0.5, 0.6) is 0 Å². The van der Waals surface area contributed by atoms with Crippen molar-refractivity contribution in [2.75, 3.05) is 13.6 Å². The molecule has 1 saturated carbocycles. The lowest BCUT2D eigenvalue weighted by molar-refractivity contribution is 0.576. The molecule has 3 nitrogen and oxygen atoms in total. The highest BCUT2D eigenvalue weighted by atomic mass is 32.2. The average Bonchev–Trinajstić information content (AvgIpc) is 3.10. The maximum absolute atomic E-state index is 12.4. The van der Waals surface area contributed by atoms with Crippen LogP contribution in [0.2, 0.25) is 0 Å². The van der Waals surface area contributed by atoms with Gasteiger partial charge in [0, 0.05) is 12.0 Å². The second kappa shape index (κ2) is 4.67. The smallest absolute Gasteiger partial charge is 0.180 e. The fourth-order valence-corrected chi connectivity index (χ4v) is 3.80. The summed E-state index contributed by atoms with van der Waals surface area (Å²) in [5.74, 6) is 0. The largest absolute Gasteiger partial charge is 0.319 e. The standard InChI is InChI=1S/C14H21NO2S/c1-11(2)18(16,17)13-7-5-4-6-12(13)14(8-9-14)10-15-3/h4-7,11,15H,8-10H2,1-3H3. The van der Waals surface area contributed by atoms with E-state index in [9.17, 15) is 8.42 Å². The van der Waals surface area contributed by atoms with Crippen molar-refractivity contribution < 1.29 is 8.42 Å². The minimum absolute atomic E-state index is 0.0350. The third-order valence-electron chi connectivity index (χ3n) is 3.75. The molecule has 1 aliphatic carbocycles. The second-order valence-electron chi connectivity index (χ2n) is 5.40. The third kappa shape index (κ3) is 2.19. The fourth-order valence-electron chi connectivity index (χ4n) is 2.44. The number of rotatable bonds is 5. The summed E-state index contributed by atoms with van der Waals surface area (Å²) in [6, 6.07) is 7.47. The molecule has 1 aromatic carbocycles. The molecule has 2 rings (SSSR count). The molecule has 0 bridgehead atoms. The van der Waals surface area contributed by atoms with E-state index in [4.69, 9.17) is 0 Å². The molecule has 0 atom stereocenters. The molecule has 100 valence electrons. The molecule has 0 saturated heterocycles. The van der Waals surface area contributed by atoms with E-state index in [2.05, 4.69) is 5.32 Å². The molecule has 0 amide bonds. The first kappa shape index (κ1) is 13.6. The Morgan fingerprint density at radius 2 is 1.89 bits per heavy atom. The van der Waals surface area contributed by atoms with Gasteiger partial charge in [0.1, 0.15) is 0 Å². The summed E-state index contributed by atoms with van der Waals surface area (Å²) in [5.41, 5.74) is 1.03. The molecule has 1 aliphatic rings. The van der Waals surface area contributed by atoms with Crippen LogP contribution >= 0.6 is 0 Å². The van der Waals surface area contributed by atoms with Crippen LogP contribution in [0.3, 0.4) is 0 Å². The van der Waals surface area contributed by atoms with Gasteiger partial charge < -0.3 is 5.32 Å². The van der Waals surface area contributed by atoms with Crippen LogP contribution in [-0.4, -0.2) is 27.3 Å². The van der Waals surface area contributed by atoms with E-state index >= 15 is 0 Å². The topological polar surface area (TPSA) is 46.2 Å². The number of hydrogen-bond donors (Lipinski definition) is 1. The van der Waals surface area contributed by atoms with Crippen LogP contribution in [0.15, 0.2) is 29.2 Å². The first-order valence-electron chi connectivity index (χ1n) is 6.42. The van der Waals surface area contributed by atoms with E-state index in [0.29, 0.717) is 4.90 Å². The van der Waals surface area contributed by atoms with E-state index in [1.165, 1.54) is 0 Å². The van der Waals surface area contributed by atoms with Crippen LogP contribution in [0.1, 0.15) is 32.3 Å². The molecule has 0 heterocycles. The highest BCUT2D eigenvalue weighted by Crippen LogP contribution is 2.49. The second-order valence-corrected chi connectivity index (χ2v) is 7.87. The van der Waals surface area contributed by atoms with Crippen molar-refractivity contribution >= 4 is 9.84 Å². The lowest BCUT2D eigenvalue weighted by Gasteiger charge is -2.20. The first-order chi connectivity index (χ1) is 8.44. The van der Waals surface area contributed by atoms with Gasteiger partial charge in [0.05, 0.1) is 10.1 Å². The van der Waals surface area contributed by atoms with E-state index in [0.717, 1.165) is 24.9 Å². The molecular weight excluding hydrogens is 246 g/mol. The zero-order chi connectivity index (χ0) is 13.4. The monoisotopic (exact) mass is 267 g/mol. The molecule has 0 aliphatic heterocycles. The van der Waals surface area contributed by atoms with Crippen molar-refractivity contribution in [3.63, 3.8) is 0 Å². The number of sulfone groups is 1. The number of benzene rings is 1. The highest BCUT2D eigenvalue weighted by molar-refractivity contribution is 7.92. The van der Waals surface area contributed by atoms with Crippen LogP contribution in [-0.2, 0) is 15.3 Å². The van der Waals surface area contributed by atoms with Gasteiger partial charge in [0.15, 0.2) is 9.84 Å². The zero-order valence-corrected chi connectivity index (χ0v) is 12.0. The van der Waals surface area contributed by atoms with Crippen LogP contribution in [0, 0.1) is 0 Å². The third-order valence-corrected chi connectivity index (χ3v) is 5.96. The molecule has 18 heavy (non-hydrogen) atoms. The van der Waals surface area contributed by atoms with Gasteiger partial charge in [0.2, 0.25) is 0 Å². The van der Waals surface area contributed by atoms with Gasteiger partial charge in [0.25, 0.3) is 0 Å². The van der Waals surface area contributed by atoms with E-state index in [1.807, 2.05) is 25.2 Å². The lowest BCUT2D eigenvalue weighted by atomic mass is 9.96. The molecule has 1 fully saturated rings. The van der Waals surface area contributed by atoms with E-state index in [-0.39, 0.29) is 10.7 Å². The SMILES string of the molecule is CNCC1(c2ccccc2S(=O)(=O)C(C)C)CC1. The Hall–Kier alpha value is -0.870. The Morgan fingerprint density at radius 3 is 2.39 bits per heavy atom. The minimum Gasteiger partial charge on any atom is -0.319 e. The molecule has 1 aromatic rings. The van der Waals surface area contributed by atoms with Gasteiger partial charge >= 0.3 is 0 Å². The Labute approximate surface area is 110 Å². The molecule has 0 radical (unpaired) electrons. The molecule has 4 heteroatoms. The van der Waals surface area contributed by atoms with Crippen LogP contribution in [0.25, 0.3) is 0 Å². The van der Waals surface area contributed by atoms with Crippen LogP contribution in [0.4, 0.5) is 0 Å². The van der Waals surface area contributed by atoms with Gasteiger partial charge in [-0.3, -0.25) is 0 Å². The normalized spacial score (nSPS) is 18.0. The first-order valence-corrected chi connectivity index (χ1v) is 7.97. The number of hydrogen-bond acceptors (Lipinski definition) is 3. The number of likely N-dealkylation sites (N-methyl/N-ethyl adjacent to an activating group) is 1. The minimum atomic E-state index is -3.20. The average molecular weight is 267 g/mol. The molecule has 0 aromatic heterocycles. The Bertz CT molecular complexity index is 530. The quantitative estimate of drug-likeness (QED) is 0.889. The molecule has 0 spiro atoms. The van der Waals surface area contributed by atoms with Crippen molar-refractivity contribution in [2.45, 2.75) is 42.2 Å². The summed E-state index contributed by atoms with van der Waals surface area (Å²) in [4.78, 5) is 0.521. The maximum Gasteiger partial charge on any atom is 0.180 e. The summed E-state index contributed by atoms with van der Waals surface area (Å²) in [5, 5.41) is 2.81. The Morgan fingerprint density at radius 1 is 1.28 bits per heavy atom. The van der Waals surface area contributed by atoms with Crippen molar-refractivity contribution in [3.05, 3.63) is 29.8 Å². The predicted octanol–water partition coefficient (Wildman–Crippen LogP) is 2.12. The van der Waals surface area contributed by atoms with Crippen LogP contribution < -0.4 is 5.32 Å². The van der Waals surface area contributed by atoms with E-state index < -0.39 is 9.84 Å². The van der Waals surface area contributed by atoms with Crippen molar-refractivity contribution in [1.82, 2.24) is 5.32 Å². The molecule has 1 N–H and O–H groups in total. The maximum atomic E-state index is 12.4. The number of nitrogens with one attached hydrogen (secondary N) is 1. The highest BCUT2D eigenvalue weighted by Gasteiger charge is 2.46. The fraction of sp³-hybridized carbons (Fsp3) is 0.571. The van der Waals surface area contributed by atoms with Gasteiger partial charge in [-0.1, -0.05) is 18.2 Å². The summed E-state index contributed by atoms with van der Waals surface area (Å²) in [7, 11) is -1.28. The van der Waals surface area contributed by atoms with E-state index in [1.54, 1.807) is 19.9 Å². The van der Waals surface area contributed by atoms with Crippen molar-refractivity contribution in [3.8, 4) is 0 Å². The van der Waals surface area contributed by atoms with Gasteiger partial charge in [-0.2, -0.15) is 0 Å². The van der Waals surface area contributed by atoms with Crippen molar-refractivity contribution in [2.24, 2.45) is 0 Å². The Balaban J connectivity index is 2.51. The zero-order valence-electron chi connectivity index (χ0n) is 11.2. The lowest BCUT2D eigenvalue weighted by Crippen LogP contribution is -2.26. The predicted molar refractivity (Wildman–Crippen MR) is 73.6 cm³/mol. The molecular formula is C14H21NO2S. The van der Waals surface area contributed by atoms with Crippen molar-refractivity contribution in [1.29, 1.82) is 0 Å². The summed E-state index contributed by atoms with van der Waals surface area (Å²) >= 11 is 0. The van der Waals surface area contributed by atoms with Gasteiger partial charge in [-0.25, -0.2) is 8.42 Å². The van der Waals surface area contributed by atoms with Gasteiger partial charge in [-0.15, -0.1) is 0 Å². The van der Waals surface area contributed by atoms with Gasteiger partial charge in [-0.05, 0) is 45.4 Å². The summed E-state index contributed by atoms with van der Waals surface area (Å²) in [6.07, 6.45) is 2.14. The summed E-state index contributed by atoms with van der Waals surface area (Å²) in [6.45, 7) is 4.32.